The summed E-state index contributed by atoms with van der Waals surface area (Å²) in [6.07, 6.45) is 1.65. The second-order valence-corrected chi connectivity index (χ2v) is 6.54. The highest BCUT2D eigenvalue weighted by molar-refractivity contribution is 7.12. The summed E-state index contributed by atoms with van der Waals surface area (Å²) in [7, 11) is 0. The van der Waals surface area contributed by atoms with Crippen LogP contribution in [-0.2, 0) is 11.3 Å². The van der Waals surface area contributed by atoms with E-state index in [0.29, 0.717) is 16.2 Å². The Kier molecular flexibility index (Phi) is 4.33. The molecule has 0 unspecified atom stereocenters. The molecule has 0 atom stereocenters. The fraction of sp³-hybridized carbons (Fsp3) is 0.0500. The molecule has 0 radical (unpaired) electrons. The largest absolute Gasteiger partial charge is 0.455 e. The predicted molar refractivity (Wildman–Crippen MR) is 100 cm³/mol. The zero-order valence-electron chi connectivity index (χ0n) is 13.7. The average Bonchev–Trinajstić information content (AvgIpc) is 3.17. The van der Waals surface area contributed by atoms with Crippen LogP contribution in [0.3, 0.4) is 0 Å². The molecule has 0 aliphatic heterocycles. The Morgan fingerprint density at radius 3 is 2.73 bits per heavy atom. The van der Waals surface area contributed by atoms with Crippen LogP contribution >= 0.6 is 11.3 Å². The van der Waals surface area contributed by atoms with Gasteiger partial charge in [-0.1, -0.05) is 36.4 Å². The fourth-order valence-corrected chi connectivity index (χ4v) is 3.50. The predicted octanol–water partition coefficient (Wildman–Crippen LogP) is 3.78. The molecule has 1 aromatic carbocycles. The molecule has 4 rings (SSSR count). The van der Waals surface area contributed by atoms with Gasteiger partial charge in [-0.05, 0) is 29.1 Å². The molecule has 128 valence electrons. The van der Waals surface area contributed by atoms with Crippen LogP contribution in [0, 0.1) is 0 Å². The maximum atomic E-state index is 12.5. The first kappa shape index (κ1) is 16.2. The summed E-state index contributed by atoms with van der Waals surface area (Å²) in [6.45, 7) is -0.0500. The van der Waals surface area contributed by atoms with Gasteiger partial charge in [0.05, 0.1) is 5.69 Å². The van der Waals surface area contributed by atoms with Gasteiger partial charge in [-0.15, -0.1) is 11.3 Å². The number of ether oxygens (including phenoxy) is 1. The van der Waals surface area contributed by atoms with Gasteiger partial charge >= 0.3 is 5.97 Å². The van der Waals surface area contributed by atoms with Crippen molar-refractivity contribution in [1.82, 2.24) is 9.38 Å². The Labute approximate surface area is 153 Å². The van der Waals surface area contributed by atoms with Crippen molar-refractivity contribution >= 4 is 23.0 Å². The molecule has 0 N–H and O–H groups in total. The van der Waals surface area contributed by atoms with Crippen molar-refractivity contribution in [2.24, 2.45) is 0 Å². The Bertz CT molecular complexity index is 1130. The molecule has 0 fully saturated rings. The quantitative estimate of drug-likeness (QED) is 0.518. The molecule has 3 aromatic heterocycles. The highest BCUT2D eigenvalue weighted by Gasteiger charge is 2.16. The number of hydrogen-bond acceptors (Lipinski definition) is 5. The van der Waals surface area contributed by atoms with E-state index in [-0.39, 0.29) is 12.2 Å². The Morgan fingerprint density at radius 1 is 1.08 bits per heavy atom. The van der Waals surface area contributed by atoms with E-state index in [9.17, 15) is 9.59 Å². The number of thiophene rings is 1. The minimum Gasteiger partial charge on any atom is -0.455 e. The molecule has 3 heterocycles. The number of carbonyl (C=O) groups excluding carboxylic acids is 1. The molecule has 0 saturated carbocycles. The van der Waals surface area contributed by atoms with E-state index in [4.69, 9.17) is 4.74 Å². The van der Waals surface area contributed by atoms with Crippen LogP contribution in [-0.4, -0.2) is 15.4 Å². The third kappa shape index (κ3) is 3.14. The maximum absolute atomic E-state index is 12.5. The lowest BCUT2D eigenvalue weighted by Gasteiger charge is -2.07. The lowest BCUT2D eigenvalue weighted by atomic mass is 10.1. The summed E-state index contributed by atoms with van der Waals surface area (Å²) in [5.41, 5.74) is 2.54. The number of esters is 1. The number of benzene rings is 1. The topological polar surface area (TPSA) is 60.7 Å². The lowest BCUT2D eigenvalue weighted by Crippen LogP contribution is -2.16. The third-order valence-electron chi connectivity index (χ3n) is 3.91. The Balaban J connectivity index is 1.55. The third-order valence-corrected chi connectivity index (χ3v) is 4.81. The molecule has 0 amide bonds. The van der Waals surface area contributed by atoms with E-state index in [0.717, 1.165) is 11.1 Å². The van der Waals surface area contributed by atoms with E-state index in [1.807, 2.05) is 41.8 Å². The van der Waals surface area contributed by atoms with E-state index in [1.165, 1.54) is 21.8 Å². The molecule has 0 aliphatic rings. The van der Waals surface area contributed by atoms with E-state index in [2.05, 4.69) is 4.98 Å². The normalized spacial score (nSPS) is 10.8. The van der Waals surface area contributed by atoms with Crippen molar-refractivity contribution in [3.8, 4) is 11.1 Å². The van der Waals surface area contributed by atoms with E-state index < -0.39 is 5.97 Å². The molecule has 6 heteroatoms. The Hall–Kier alpha value is -3.25. The van der Waals surface area contributed by atoms with Gasteiger partial charge < -0.3 is 4.74 Å². The minimum absolute atomic E-state index is 0.0500. The first-order chi connectivity index (χ1) is 12.7. The molecular weight excluding hydrogens is 348 g/mol. The number of fused-ring (bicyclic) bond motifs is 1. The van der Waals surface area contributed by atoms with Crippen LogP contribution in [0.15, 0.2) is 77.0 Å². The first-order valence-electron chi connectivity index (χ1n) is 8.00. The molecular formula is C20H14N2O3S. The zero-order chi connectivity index (χ0) is 17.9. The van der Waals surface area contributed by atoms with Crippen LogP contribution in [0.5, 0.6) is 0 Å². The molecule has 0 saturated heterocycles. The standard InChI is InChI=1S/C20H14N2O3S/c23-18-12-15(21-17-8-4-5-10-22(17)18)13-25-20(24)19-16(9-11-26-19)14-6-2-1-3-7-14/h1-12H,13H2. The Morgan fingerprint density at radius 2 is 1.88 bits per heavy atom. The van der Waals surface area contributed by atoms with Gasteiger partial charge in [-0.25, -0.2) is 9.78 Å². The highest BCUT2D eigenvalue weighted by atomic mass is 32.1. The number of aromatic nitrogens is 2. The lowest BCUT2D eigenvalue weighted by molar-refractivity contribution is 0.0474. The van der Waals surface area contributed by atoms with Gasteiger partial charge in [0, 0.05) is 17.8 Å². The van der Waals surface area contributed by atoms with Crippen molar-refractivity contribution in [3.05, 3.63) is 93.2 Å². The molecule has 5 nitrogen and oxygen atoms in total. The zero-order valence-corrected chi connectivity index (χ0v) is 14.5. The van der Waals surface area contributed by atoms with E-state index >= 15 is 0 Å². The van der Waals surface area contributed by atoms with Crippen molar-refractivity contribution in [2.75, 3.05) is 0 Å². The number of rotatable bonds is 4. The van der Waals surface area contributed by atoms with Crippen molar-refractivity contribution in [1.29, 1.82) is 0 Å². The SMILES string of the molecule is O=C(OCc1cc(=O)n2ccccc2n1)c1sccc1-c1ccccc1. The first-order valence-corrected chi connectivity index (χ1v) is 8.88. The monoisotopic (exact) mass is 362 g/mol. The molecule has 0 spiro atoms. The van der Waals surface area contributed by atoms with Crippen LogP contribution in [0.1, 0.15) is 15.4 Å². The van der Waals surface area contributed by atoms with Gasteiger partial charge in [-0.3, -0.25) is 9.20 Å². The smallest absolute Gasteiger partial charge is 0.349 e. The summed E-state index contributed by atoms with van der Waals surface area (Å²) in [5, 5.41) is 1.86. The van der Waals surface area contributed by atoms with E-state index in [1.54, 1.807) is 24.4 Å². The van der Waals surface area contributed by atoms with Crippen molar-refractivity contribution in [3.63, 3.8) is 0 Å². The van der Waals surface area contributed by atoms with Gasteiger partial charge in [0.25, 0.3) is 5.56 Å². The number of hydrogen-bond donors (Lipinski definition) is 0. The number of nitrogens with zero attached hydrogens (tertiary/aromatic N) is 2. The number of pyridine rings is 1. The average molecular weight is 362 g/mol. The van der Waals surface area contributed by atoms with Crippen LogP contribution < -0.4 is 5.56 Å². The molecule has 4 aromatic rings. The summed E-state index contributed by atoms with van der Waals surface area (Å²) in [4.78, 5) is 29.5. The molecule has 0 bridgehead atoms. The molecule has 0 aliphatic carbocycles. The van der Waals surface area contributed by atoms with Gasteiger partial charge in [0.15, 0.2) is 0 Å². The van der Waals surface area contributed by atoms with Gasteiger partial charge in [-0.2, -0.15) is 0 Å². The minimum atomic E-state index is -0.422. The number of carbonyl (C=O) groups is 1. The summed E-state index contributed by atoms with van der Waals surface area (Å²) >= 11 is 1.33. The fourth-order valence-electron chi connectivity index (χ4n) is 2.69. The van der Waals surface area contributed by atoms with Crippen molar-refractivity contribution in [2.45, 2.75) is 6.61 Å². The van der Waals surface area contributed by atoms with Gasteiger partial charge in [0.2, 0.25) is 0 Å². The van der Waals surface area contributed by atoms with Crippen LogP contribution in [0.2, 0.25) is 0 Å². The summed E-state index contributed by atoms with van der Waals surface area (Å²) in [5.74, 6) is -0.422. The van der Waals surface area contributed by atoms with Crippen molar-refractivity contribution < 1.29 is 9.53 Å². The second-order valence-electron chi connectivity index (χ2n) is 5.62. The highest BCUT2D eigenvalue weighted by Crippen LogP contribution is 2.28. The van der Waals surface area contributed by atoms with Crippen LogP contribution in [0.4, 0.5) is 0 Å². The summed E-state index contributed by atoms with van der Waals surface area (Å²) in [6, 6.07) is 18.3. The summed E-state index contributed by atoms with van der Waals surface area (Å²) < 4.78 is 6.84. The molecule has 26 heavy (non-hydrogen) atoms. The van der Waals surface area contributed by atoms with Gasteiger partial charge in [0.1, 0.15) is 17.1 Å². The maximum Gasteiger partial charge on any atom is 0.349 e. The second kappa shape index (κ2) is 6.93. The van der Waals surface area contributed by atoms with Crippen LogP contribution in [0.25, 0.3) is 16.8 Å².